The van der Waals surface area contributed by atoms with E-state index in [9.17, 15) is 8.78 Å². The molecule has 0 radical (unpaired) electrons. The first-order valence-electron chi connectivity index (χ1n) is 11.7. The van der Waals surface area contributed by atoms with Crippen molar-refractivity contribution in [2.24, 2.45) is 5.92 Å². The van der Waals surface area contributed by atoms with E-state index < -0.39 is 0 Å². The molecule has 0 bridgehead atoms. The van der Waals surface area contributed by atoms with Crippen molar-refractivity contribution < 1.29 is 8.78 Å². The lowest BCUT2D eigenvalue weighted by molar-refractivity contribution is 0.624. The molecule has 4 aromatic carbocycles. The van der Waals surface area contributed by atoms with Gasteiger partial charge in [0.1, 0.15) is 11.6 Å². The van der Waals surface area contributed by atoms with Gasteiger partial charge in [-0.15, -0.1) is 0 Å². The van der Waals surface area contributed by atoms with Gasteiger partial charge in [-0.1, -0.05) is 48.6 Å². The number of benzene rings is 4. The Morgan fingerprint density at radius 2 is 1.09 bits per heavy atom. The highest BCUT2D eigenvalue weighted by atomic mass is 19.1. The van der Waals surface area contributed by atoms with Crippen LogP contribution in [0.2, 0.25) is 0 Å². The van der Waals surface area contributed by atoms with Crippen LogP contribution in [0.4, 0.5) is 31.5 Å². The van der Waals surface area contributed by atoms with E-state index in [4.69, 9.17) is 0 Å². The summed E-state index contributed by atoms with van der Waals surface area (Å²) in [6, 6.07) is 33.6. The summed E-state index contributed by atoms with van der Waals surface area (Å²) in [6.07, 6.45) is 7.17. The van der Waals surface area contributed by atoms with Crippen molar-refractivity contribution in [1.82, 2.24) is 0 Å². The molecule has 1 aliphatic carbocycles. The van der Waals surface area contributed by atoms with Gasteiger partial charge in [0.05, 0.1) is 0 Å². The van der Waals surface area contributed by atoms with Gasteiger partial charge in [-0.25, -0.2) is 8.78 Å². The second-order valence-corrected chi connectivity index (χ2v) is 8.58. The normalized spacial score (nSPS) is 14.9. The van der Waals surface area contributed by atoms with E-state index in [1.807, 2.05) is 12.1 Å². The van der Waals surface area contributed by atoms with Crippen LogP contribution in [-0.2, 0) is 0 Å². The van der Waals surface area contributed by atoms with Crippen LogP contribution in [0.5, 0.6) is 0 Å². The van der Waals surface area contributed by atoms with Gasteiger partial charge in [0.15, 0.2) is 0 Å². The molecule has 0 aromatic heterocycles. The highest BCUT2D eigenvalue weighted by Crippen LogP contribution is 2.36. The Labute approximate surface area is 205 Å². The summed E-state index contributed by atoms with van der Waals surface area (Å²) in [5.41, 5.74) is 5.01. The summed E-state index contributed by atoms with van der Waals surface area (Å²) in [5, 5.41) is 0. The SMILES string of the molecule is Fc1ccc(N(C2=CC=CC(CN(c3ccccc3)c3ccccc3)C2)c2ccc(F)cc2)cc1. The number of hydrogen-bond acceptors (Lipinski definition) is 2. The Kier molecular flexibility index (Phi) is 6.71. The molecule has 174 valence electrons. The third-order valence-electron chi connectivity index (χ3n) is 6.15. The van der Waals surface area contributed by atoms with E-state index in [1.165, 1.54) is 24.3 Å². The van der Waals surface area contributed by atoms with E-state index in [1.54, 1.807) is 24.3 Å². The van der Waals surface area contributed by atoms with Crippen LogP contribution >= 0.6 is 0 Å². The average molecular weight is 465 g/mol. The standard InChI is InChI=1S/C31H26F2N2/c32-25-14-18-29(19-15-25)35(30-20-16-26(33)17-21-30)31-13-7-8-24(22-31)23-34(27-9-3-1-4-10-27)28-11-5-2-6-12-28/h1-21,24H,22-23H2. The molecule has 4 aromatic rings. The lowest BCUT2D eigenvalue weighted by atomic mass is 9.95. The van der Waals surface area contributed by atoms with Gasteiger partial charge in [0, 0.05) is 40.9 Å². The van der Waals surface area contributed by atoms with Gasteiger partial charge in [-0.05, 0) is 85.3 Å². The first kappa shape index (κ1) is 22.6. The zero-order valence-corrected chi connectivity index (χ0v) is 19.3. The fourth-order valence-corrected chi connectivity index (χ4v) is 4.49. The molecule has 1 unspecified atom stereocenters. The zero-order chi connectivity index (χ0) is 24.0. The van der Waals surface area contributed by atoms with Crippen LogP contribution in [0.1, 0.15) is 6.42 Å². The third kappa shape index (κ3) is 5.33. The van der Waals surface area contributed by atoms with Gasteiger partial charge in [0.2, 0.25) is 0 Å². The second-order valence-electron chi connectivity index (χ2n) is 8.58. The Bertz CT molecular complexity index is 1210. The monoisotopic (exact) mass is 464 g/mol. The maximum Gasteiger partial charge on any atom is 0.123 e. The average Bonchev–Trinajstić information content (AvgIpc) is 2.91. The van der Waals surface area contributed by atoms with Crippen molar-refractivity contribution in [2.45, 2.75) is 6.42 Å². The molecular weight excluding hydrogens is 438 g/mol. The molecule has 0 fully saturated rings. The molecule has 2 nitrogen and oxygen atoms in total. The molecule has 0 N–H and O–H groups in total. The lowest BCUT2D eigenvalue weighted by Crippen LogP contribution is -2.28. The number of hydrogen-bond donors (Lipinski definition) is 0. The summed E-state index contributed by atoms with van der Waals surface area (Å²) in [5.74, 6) is -0.340. The Balaban J connectivity index is 1.45. The van der Waals surface area contributed by atoms with Crippen molar-refractivity contribution in [3.05, 3.63) is 145 Å². The number of halogens is 2. The highest BCUT2D eigenvalue weighted by Gasteiger charge is 2.22. The zero-order valence-electron chi connectivity index (χ0n) is 19.3. The summed E-state index contributed by atoms with van der Waals surface area (Å²) < 4.78 is 27.4. The van der Waals surface area contributed by atoms with Crippen LogP contribution in [0.25, 0.3) is 0 Å². The van der Waals surface area contributed by atoms with E-state index in [0.29, 0.717) is 0 Å². The summed E-state index contributed by atoms with van der Waals surface area (Å²) in [4.78, 5) is 4.41. The molecule has 0 amide bonds. The number of nitrogens with zero attached hydrogens (tertiary/aromatic N) is 2. The molecule has 0 saturated heterocycles. The smallest absolute Gasteiger partial charge is 0.123 e. The molecular formula is C31H26F2N2. The van der Waals surface area contributed by atoms with Gasteiger partial charge < -0.3 is 9.80 Å². The Hall–Kier alpha value is -4.18. The lowest BCUT2D eigenvalue weighted by Gasteiger charge is -2.34. The predicted octanol–water partition coefficient (Wildman–Crippen LogP) is 8.40. The molecule has 5 rings (SSSR count). The maximum atomic E-state index is 13.7. The number of anilines is 4. The van der Waals surface area contributed by atoms with Crippen molar-refractivity contribution in [3.8, 4) is 0 Å². The molecule has 0 spiro atoms. The molecule has 35 heavy (non-hydrogen) atoms. The number of rotatable bonds is 7. The minimum Gasteiger partial charge on any atom is -0.341 e. The number of para-hydroxylation sites is 2. The summed E-state index contributed by atoms with van der Waals surface area (Å²) in [7, 11) is 0. The predicted molar refractivity (Wildman–Crippen MR) is 140 cm³/mol. The quantitative estimate of drug-likeness (QED) is 0.271. The van der Waals surface area contributed by atoms with Crippen molar-refractivity contribution in [3.63, 3.8) is 0 Å². The Morgan fingerprint density at radius 3 is 1.57 bits per heavy atom. The summed E-state index contributed by atoms with van der Waals surface area (Å²) >= 11 is 0. The molecule has 0 aliphatic heterocycles. The van der Waals surface area contributed by atoms with Crippen LogP contribution in [0, 0.1) is 17.6 Å². The van der Waals surface area contributed by atoms with Crippen LogP contribution in [0.15, 0.2) is 133 Å². The van der Waals surface area contributed by atoms with E-state index in [-0.39, 0.29) is 17.6 Å². The van der Waals surface area contributed by atoms with Gasteiger partial charge >= 0.3 is 0 Å². The topological polar surface area (TPSA) is 6.48 Å². The van der Waals surface area contributed by atoms with Crippen LogP contribution < -0.4 is 9.80 Å². The summed E-state index contributed by atoms with van der Waals surface area (Å²) in [6.45, 7) is 0.794. The molecule has 1 aliphatic rings. The second kappa shape index (κ2) is 10.4. The van der Waals surface area contributed by atoms with E-state index in [2.05, 4.69) is 76.6 Å². The first-order valence-corrected chi connectivity index (χ1v) is 11.7. The van der Waals surface area contributed by atoms with E-state index in [0.717, 1.165) is 41.4 Å². The minimum absolute atomic E-state index is 0.235. The maximum absolute atomic E-state index is 13.7. The van der Waals surface area contributed by atoms with Crippen molar-refractivity contribution in [1.29, 1.82) is 0 Å². The minimum atomic E-state index is -0.287. The van der Waals surface area contributed by atoms with E-state index >= 15 is 0 Å². The highest BCUT2D eigenvalue weighted by molar-refractivity contribution is 5.69. The molecule has 4 heteroatoms. The molecule has 0 heterocycles. The number of allylic oxidation sites excluding steroid dienone is 3. The third-order valence-corrected chi connectivity index (χ3v) is 6.15. The van der Waals surface area contributed by atoms with Crippen molar-refractivity contribution in [2.75, 3.05) is 16.3 Å². The molecule has 1 atom stereocenters. The van der Waals surface area contributed by atoms with Gasteiger partial charge in [-0.2, -0.15) is 0 Å². The fourth-order valence-electron chi connectivity index (χ4n) is 4.49. The van der Waals surface area contributed by atoms with Gasteiger partial charge in [0.25, 0.3) is 0 Å². The first-order chi connectivity index (χ1) is 17.2. The fraction of sp³-hybridized carbons (Fsp3) is 0.0968. The van der Waals surface area contributed by atoms with Crippen molar-refractivity contribution >= 4 is 22.7 Å². The molecule has 0 saturated carbocycles. The Morgan fingerprint density at radius 1 is 0.600 bits per heavy atom. The largest absolute Gasteiger partial charge is 0.341 e. The van der Waals surface area contributed by atoms with Crippen LogP contribution in [-0.4, -0.2) is 6.54 Å². The van der Waals surface area contributed by atoms with Crippen LogP contribution in [0.3, 0.4) is 0 Å². The van der Waals surface area contributed by atoms with Gasteiger partial charge in [-0.3, -0.25) is 0 Å².